The van der Waals surface area contributed by atoms with Crippen LogP contribution in [0.15, 0.2) is 70.0 Å². The normalized spacial score (nSPS) is 16.2. The van der Waals surface area contributed by atoms with Crippen molar-refractivity contribution in [3.63, 3.8) is 0 Å². The number of nitrogens with one attached hydrogen (secondary N) is 2. The van der Waals surface area contributed by atoms with Gasteiger partial charge in [0.25, 0.3) is 0 Å². The van der Waals surface area contributed by atoms with E-state index in [0.29, 0.717) is 37.1 Å². The molecule has 1 aromatic heterocycles. The number of ether oxygens (including phenoxy) is 2. The zero-order valence-electron chi connectivity index (χ0n) is 21.2. The largest absolute Gasteiger partial charge is 0.497 e. The topological polar surface area (TPSA) is 104 Å². The predicted octanol–water partition coefficient (Wildman–Crippen LogP) is 4.52. The van der Waals surface area contributed by atoms with Gasteiger partial charge >= 0.3 is 0 Å². The van der Waals surface area contributed by atoms with Gasteiger partial charge in [0.15, 0.2) is 0 Å². The van der Waals surface area contributed by atoms with E-state index < -0.39 is 16.1 Å². The Bertz CT molecular complexity index is 1500. The molecule has 1 aliphatic heterocycles. The lowest BCUT2D eigenvalue weighted by atomic mass is 9.98. The van der Waals surface area contributed by atoms with E-state index in [1.54, 1.807) is 35.7 Å². The summed E-state index contributed by atoms with van der Waals surface area (Å²) in [5.41, 5.74) is 2.02. The Labute approximate surface area is 231 Å². The van der Waals surface area contributed by atoms with Crippen LogP contribution in [0, 0.1) is 5.92 Å². The third kappa shape index (κ3) is 5.69. The van der Waals surface area contributed by atoms with Gasteiger partial charge in [-0.2, -0.15) is 4.31 Å². The van der Waals surface area contributed by atoms with Crippen LogP contribution in [0.25, 0.3) is 21.8 Å². The SMILES string of the molecule is COc1ccc(S(=O)(=O)N2CCC(CNC[C@H](O)COc3c(Br)ccc4[nH]c5ccccc5c34)CC2)cc1. The Morgan fingerprint density at radius 1 is 1.08 bits per heavy atom. The molecule has 0 radical (unpaired) electrons. The number of nitrogens with zero attached hydrogens (tertiary/aromatic N) is 1. The fourth-order valence-electron chi connectivity index (χ4n) is 4.97. The number of rotatable bonds is 10. The first-order valence-corrected chi connectivity index (χ1v) is 14.9. The Balaban J connectivity index is 1.10. The summed E-state index contributed by atoms with van der Waals surface area (Å²) >= 11 is 3.59. The van der Waals surface area contributed by atoms with E-state index in [4.69, 9.17) is 9.47 Å². The Morgan fingerprint density at radius 3 is 2.55 bits per heavy atom. The summed E-state index contributed by atoms with van der Waals surface area (Å²) < 4.78 is 39.5. The minimum atomic E-state index is -3.51. The molecule has 1 aliphatic rings. The molecule has 10 heteroatoms. The number of aliphatic hydroxyl groups is 1. The van der Waals surface area contributed by atoms with Crippen molar-refractivity contribution in [3.05, 3.63) is 65.1 Å². The molecule has 4 aromatic rings. The highest BCUT2D eigenvalue weighted by Gasteiger charge is 2.29. The molecule has 0 saturated carbocycles. The highest BCUT2D eigenvalue weighted by molar-refractivity contribution is 9.10. The van der Waals surface area contributed by atoms with Crippen LogP contribution in [-0.4, -0.2) is 68.8 Å². The van der Waals surface area contributed by atoms with Gasteiger partial charge in [-0.15, -0.1) is 0 Å². The average Bonchev–Trinajstić information content (AvgIpc) is 3.32. The summed E-state index contributed by atoms with van der Waals surface area (Å²) in [6, 6.07) is 18.5. The van der Waals surface area contributed by atoms with E-state index in [2.05, 4.69) is 32.3 Å². The van der Waals surface area contributed by atoms with Crippen molar-refractivity contribution in [2.75, 3.05) is 39.9 Å². The maximum Gasteiger partial charge on any atom is 0.243 e. The third-order valence-electron chi connectivity index (χ3n) is 7.08. The summed E-state index contributed by atoms with van der Waals surface area (Å²) in [6.07, 6.45) is 0.854. The second-order valence-corrected chi connectivity index (χ2v) is 12.4. The molecule has 3 N–H and O–H groups in total. The number of aliphatic hydroxyl groups excluding tert-OH is 1. The van der Waals surface area contributed by atoms with Crippen LogP contribution in [0.5, 0.6) is 11.5 Å². The van der Waals surface area contributed by atoms with Crippen molar-refractivity contribution >= 4 is 47.8 Å². The smallest absolute Gasteiger partial charge is 0.243 e. The molecule has 202 valence electrons. The number of aromatic nitrogens is 1. The van der Waals surface area contributed by atoms with Gasteiger partial charge in [-0.25, -0.2) is 8.42 Å². The molecule has 5 rings (SSSR count). The fraction of sp³-hybridized carbons (Fsp3) is 0.357. The minimum absolute atomic E-state index is 0.156. The van der Waals surface area contributed by atoms with E-state index >= 15 is 0 Å². The van der Waals surface area contributed by atoms with Crippen molar-refractivity contribution in [1.29, 1.82) is 0 Å². The molecule has 1 saturated heterocycles. The van der Waals surface area contributed by atoms with Crippen LogP contribution < -0.4 is 14.8 Å². The van der Waals surface area contributed by atoms with Crippen LogP contribution in [0.4, 0.5) is 0 Å². The van der Waals surface area contributed by atoms with Gasteiger partial charge in [0, 0.05) is 30.5 Å². The standard InChI is InChI=1S/C28H32BrN3O5S/c1-36-21-6-8-22(9-7-21)38(34,35)32-14-12-19(13-15-32)16-30-17-20(33)18-37-28-24(29)10-11-26-27(28)23-4-2-3-5-25(23)31-26/h2-11,19-20,30-31,33H,12-18H2,1H3/t20-/m0/s1. The molecule has 3 aromatic carbocycles. The molecular weight excluding hydrogens is 570 g/mol. The number of sulfonamides is 1. The number of halogens is 1. The maximum atomic E-state index is 13.0. The monoisotopic (exact) mass is 601 g/mol. The quantitative estimate of drug-likeness (QED) is 0.247. The number of hydrogen-bond donors (Lipinski definition) is 3. The van der Waals surface area contributed by atoms with Gasteiger partial charge in [-0.05, 0) is 83.7 Å². The third-order valence-corrected chi connectivity index (χ3v) is 9.62. The summed E-state index contributed by atoms with van der Waals surface area (Å²) in [4.78, 5) is 3.69. The molecular formula is C28H32BrN3O5S. The van der Waals surface area contributed by atoms with Crippen LogP contribution in [0.3, 0.4) is 0 Å². The first kappa shape index (κ1) is 27.0. The molecule has 38 heavy (non-hydrogen) atoms. The van der Waals surface area contributed by atoms with E-state index in [1.807, 2.05) is 30.3 Å². The van der Waals surface area contributed by atoms with Crippen molar-refractivity contribution in [1.82, 2.24) is 14.6 Å². The lowest BCUT2D eigenvalue weighted by Crippen LogP contribution is -2.42. The lowest BCUT2D eigenvalue weighted by molar-refractivity contribution is 0.105. The van der Waals surface area contributed by atoms with Crippen molar-refractivity contribution in [3.8, 4) is 11.5 Å². The van der Waals surface area contributed by atoms with Gasteiger partial charge in [0.05, 0.1) is 27.4 Å². The number of piperidine rings is 1. The van der Waals surface area contributed by atoms with Gasteiger partial charge < -0.3 is 24.9 Å². The molecule has 1 atom stereocenters. The highest BCUT2D eigenvalue weighted by atomic mass is 79.9. The summed E-state index contributed by atoms with van der Waals surface area (Å²) in [5.74, 6) is 1.69. The van der Waals surface area contributed by atoms with E-state index in [1.165, 1.54) is 0 Å². The Hall–Kier alpha value is -2.63. The first-order valence-electron chi connectivity index (χ1n) is 12.7. The molecule has 0 spiro atoms. The predicted molar refractivity (Wildman–Crippen MR) is 152 cm³/mol. The fourth-order valence-corrected chi connectivity index (χ4v) is 6.88. The summed E-state index contributed by atoms with van der Waals surface area (Å²) in [6.45, 7) is 2.23. The highest BCUT2D eigenvalue weighted by Crippen LogP contribution is 2.38. The van der Waals surface area contributed by atoms with Gasteiger partial charge in [0.2, 0.25) is 10.0 Å². The zero-order valence-corrected chi connectivity index (χ0v) is 23.6. The van der Waals surface area contributed by atoms with Crippen molar-refractivity contribution in [2.45, 2.75) is 23.8 Å². The van der Waals surface area contributed by atoms with E-state index in [-0.39, 0.29) is 11.5 Å². The Morgan fingerprint density at radius 2 is 1.82 bits per heavy atom. The van der Waals surface area contributed by atoms with Crippen LogP contribution in [-0.2, 0) is 10.0 Å². The molecule has 0 bridgehead atoms. The Kier molecular flexibility index (Phi) is 8.25. The second kappa shape index (κ2) is 11.6. The number of methoxy groups -OCH3 is 1. The number of benzene rings is 3. The lowest BCUT2D eigenvalue weighted by Gasteiger charge is -2.31. The first-order chi connectivity index (χ1) is 18.4. The molecule has 0 amide bonds. The second-order valence-electron chi connectivity index (χ2n) is 9.62. The van der Waals surface area contributed by atoms with Crippen LogP contribution >= 0.6 is 15.9 Å². The maximum absolute atomic E-state index is 13.0. The summed E-state index contributed by atoms with van der Waals surface area (Å²) in [5, 5.41) is 16.0. The van der Waals surface area contributed by atoms with Gasteiger partial charge in [-0.1, -0.05) is 18.2 Å². The minimum Gasteiger partial charge on any atom is -0.497 e. The zero-order chi connectivity index (χ0) is 26.7. The van der Waals surface area contributed by atoms with E-state index in [9.17, 15) is 13.5 Å². The number of fused-ring (bicyclic) bond motifs is 3. The molecule has 8 nitrogen and oxygen atoms in total. The number of hydrogen-bond acceptors (Lipinski definition) is 6. The van der Waals surface area contributed by atoms with Crippen LogP contribution in [0.1, 0.15) is 12.8 Å². The van der Waals surface area contributed by atoms with Crippen LogP contribution in [0.2, 0.25) is 0 Å². The average molecular weight is 603 g/mol. The molecule has 1 fully saturated rings. The number of aromatic amines is 1. The molecule has 0 aliphatic carbocycles. The van der Waals surface area contributed by atoms with Crippen molar-refractivity contribution < 1.29 is 23.0 Å². The van der Waals surface area contributed by atoms with Gasteiger partial charge in [0.1, 0.15) is 24.2 Å². The molecule has 0 unspecified atom stereocenters. The summed E-state index contributed by atoms with van der Waals surface area (Å²) in [7, 11) is -1.96. The van der Waals surface area contributed by atoms with Crippen molar-refractivity contribution in [2.24, 2.45) is 5.92 Å². The van der Waals surface area contributed by atoms with E-state index in [0.717, 1.165) is 45.7 Å². The van der Waals surface area contributed by atoms with Gasteiger partial charge in [-0.3, -0.25) is 0 Å². The number of para-hydroxylation sites is 1. The molecule has 2 heterocycles. The number of H-pyrrole nitrogens is 1.